The van der Waals surface area contributed by atoms with Crippen LogP contribution in [0.4, 0.5) is 0 Å². The Balaban J connectivity index is 1.40. The van der Waals surface area contributed by atoms with Crippen molar-refractivity contribution in [1.82, 2.24) is 5.32 Å². The maximum atomic E-state index is 13.3. The predicted octanol–water partition coefficient (Wildman–Crippen LogP) is 4.46. The van der Waals surface area contributed by atoms with Crippen LogP contribution in [0.15, 0.2) is 104 Å². The van der Waals surface area contributed by atoms with E-state index in [-0.39, 0.29) is 39.8 Å². The molecule has 5 rings (SSSR count). The topological polar surface area (TPSA) is 163 Å². The summed E-state index contributed by atoms with van der Waals surface area (Å²) < 4.78 is 5.40. The minimum Gasteiger partial charge on any atom is -0.507 e. The van der Waals surface area contributed by atoms with Crippen LogP contribution in [0.25, 0.3) is 11.0 Å². The van der Waals surface area contributed by atoms with Crippen LogP contribution >= 0.6 is 11.6 Å². The maximum Gasteiger partial charge on any atom is 0.343 e. The van der Waals surface area contributed by atoms with E-state index in [2.05, 4.69) is 10.5 Å². The number of nitrogens with zero attached hydrogens (tertiary/aromatic N) is 1. The molecule has 210 valence electrons. The van der Waals surface area contributed by atoms with Gasteiger partial charge in [0.1, 0.15) is 27.8 Å². The first kappa shape index (κ1) is 28.2. The Bertz CT molecular complexity index is 1890. The van der Waals surface area contributed by atoms with Crippen molar-refractivity contribution < 1.29 is 33.9 Å². The number of halogens is 1. The van der Waals surface area contributed by atoms with Gasteiger partial charge in [0, 0.05) is 23.5 Å². The summed E-state index contributed by atoms with van der Waals surface area (Å²) in [5.41, 5.74) is -1.40. The van der Waals surface area contributed by atoms with Gasteiger partial charge in [-0.2, -0.15) is 0 Å². The molecule has 0 spiro atoms. The van der Waals surface area contributed by atoms with Gasteiger partial charge in [-0.1, -0.05) is 83.5 Å². The molecule has 42 heavy (non-hydrogen) atoms. The van der Waals surface area contributed by atoms with Crippen LogP contribution in [-0.4, -0.2) is 39.3 Å². The monoisotopic (exact) mass is 584 g/mol. The molecule has 0 fully saturated rings. The summed E-state index contributed by atoms with van der Waals surface area (Å²) in [7, 11) is 0. The normalized spacial score (nSPS) is 14.1. The SMILES string of the molecule is O=C(C/C(=N/O)C(=O)NC1=C(Cl)C(=O)c2ccccc2C1=O)CC(c1ccccc1)c1c(O)c2ccccc2oc1=O. The number of amides is 1. The molecule has 1 atom stereocenters. The van der Waals surface area contributed by atoms with E-state index in [0.29, 0.717) is 5.56 Å². The Kier molecular flexibility index (Phi) is 7.81. The zero-order chi connectivity index (χ0) is 30.0. The van der Waals surface area contributed by atoms with Crippen LogP contribution in [0.5, 0.6) is 5.75 Å². The summed E-state index contributed by atoms with van der Waals surface area (Å²) in [5, 5.41) is 25.5. The summed E-state index contributed by atoms with van der Waals surface area (Å²) in [6.07, 6.45) is -1.10. The van der Waals surface area contributed by atoms with Gasteiger partial charge in [0.15, 0.2) is 5.71 Å². The fourth-order valence-corrected chi connectivity index (χ4v) is 5.05. The number of hydrogen-bond acceptors (Lipinski definition) is 9. The van der Waals surface area contributed by atoms with Crippen molar-refractivity contribution in [2.24, 2.45) is 5.16 Å². The molecule has 0 saturated heterocycles. The van der Waals surface area contributed by atoms with Crippen LogP contribution in [0.3, 0.4) is 0 Å². The van der Waals surface area contributed by atoms with Crippen LogP contribution < -0.4 is 10.9 Å². The van der Waals surface area contributed by atoms with E-state index in [1.807, 2.05) is 0 Å². The van der Waals surface area contributed by atoms with Crippen molar-refractivity contribution in [2.45, 2.75) is 18.8 Å². The molecule has 4 aromatic rings. The number of Topliss-reactive ketones (excluding diaryl/α,β-unsaturated/α-hetero) is 3. The largest absolute Gasteiger partial charge is 0.507 e. The fraction of sp³-hybridized carbons (Fsp3) is 0.0968. The summed E-state index contributed by atoms with van der Waals surface area (Å²) >= 11 is 6.09. The number of aromatic hydroxyl groups is 1. The number of benzene rings is 3. The van der Waals surface area contributed by atoms with Crippen LogP contribution in [0.1, 0.15) is 50.6 Å². The molecule has 1 amide bonds. The van der Waals surface area contributed by atoms with Gasteiger partial charge in [-0.3, -0.25) is 19.2 Å². The van der Waals surface area contributed by atoms with Crippen molar-refractivity contribution in [3.05, 3.63) is 122 Å². The van der Waals surface area contributed by atoms with E-state index < -0.39 is 57.7 Å². The summed E-state index contributed by atoms with van der Waals surface area (Å²) in [6, 6.07) is 20.8. The van der Waals surface area contributed by atoms with Gasteiger partial charge in [-0.05, 0) is 17.7 Å². The van der Waals surface area contributed by atoms with Gasteiger partial charge in [-0.25, -0.2) is 4.79 Å². The van der Waals surface area contributed by atoms with E-state index in [0.717, 1.165) is 0 Å². The molecule has 1 aliphatic rings. The fourth-order valence-electron chi connectivity index (χ4n) is 4.82. The van der Waals surface area contributed by atoms with Gasteiger partial charge in [-0.15, -0.1) is 0 Å². The van der Waals surface area contributed by atoms with Crippen LogP contribution in [-0.2, 0) is 9.59 Å². The molecule has 0 bridgehead atoms. The number of para-hydroxylation sites is 1. The highest BCUT2D eigenvalue weighted by atomic mass is 35.5. The zero-order valence-electron chi connectivity index (χ0n) is 21.7. The third kappa shape index (κ3) is 5.23. The van der Waals surface area contributed by atoms with Crippen LogP contribution in [0, 0.1) is 0 Å². The van der Waals surface area contributed by atoms with Gasteiger partial charge < -0.3 is 20.0 Å². The van der Waals surface area contributed by atoms with Crippen molar-refractivity contribution in [2.75, 3.05) is 0 Å². The molecule has 0 radical (unpaired) electrons. The van der Waals surface area contributed by atoms with Crippen molar-refractivity contribution in [1.29, 1.82) is 0 Å². The zero-order valence-corrected chi connectivity index (χ0v) is 22.4. The van der Waals surface area contributed by atoms with Crippen LogP contribution in [0.2, 0.25) is 0 Å². The van der Waals surface area contributed by atoms with E-state index in [4.69, 9.17) is 16.0 Å². The Morgan fingerprint density at radius 3 is 2.19 bits per heavy atom. The molecule has 3 N–H and O–H groups in total. The Labute approximate surface area is 242 Å². The molecular weight excluding hydrogens is 564 g/mol. The van der Waals surface area contributed by atoms with Crippen molar-refractivity contribution >= 4 is 51.5 Å². The van der Waals surface area contributed by atoms with Gasteiger partial charge in [0.2, 0.25) is 11.6 Å². The lowest BCUT2D eigenvalue weighted by Gasteiger charge is -2.19. The van der Waals surface area contributed by atoms with Gasteiger partial charge >= 0.3 is 5.63 Å². The maximum absolute atomic E-state index is 13.3. The molecule has 10 nitrogen and oxygen atoms in total. The molecule has 11 heteroatoms. The third-order valence-corrected chi connectivity index (χ3v) is 7.21. The molecule has 0 aliphatic heterocycles. The third-order valence-electron chi connectivity index (χ3n) is 6.85. The first-order valence-corrected chi connectivity index (χ1v) is 13.0. The number of oxime groups is 1. The summed E-state index contributed by atoms with van der Waals surface area (Å²) in [4.78, 5) is 64.7. The van der Waals surface area contributed by atoms with Crippen molar-refractivity contribution in [3.8, 4) is 5.75 Å². The highest BCUT2D eigenvalue weighted by Gasteiger charge is 2.34. The lowest BCUT2D eigenvalue weighted by molar-refractivity contribution is -0.119. The first-order chi connectivity index (χ1) is 20.2. The van der Waals surface area contributed by atoms with Gasteiger partial charge in [0.05, 0.1) is 17.4 Å². The van der Waals surface area contributed by atoms with Crippen molar-refractivity contribution in [3.63, 3.8) is 0 Å². The smallest absolute Gasteiger partial charge is 0.343 e. The second-order valence-electron chi connectivity index (χ2n) is 9.42. The Hall–Kier alpha value is -5.35. The van der Waals surface area contributed by atoms with E-state index in [1.54, 1.807) is 60.7 Å². The average molecular weight is 585 g/mol. The predicted molar refractivity (Wildman–Crippen MR) is 152 cm³/mol. The molecule has 0 saturated carbocycles. The average Bonchev–Trinajstić information content (AvgIpc) is 3.00. The molecule has 1 unspecified atom stereocenters. The number of carbonyl (C=O) groups is 4. The number of ketones is 3. The molecule has 1 heterocycles. The minimum atomic E-state index is -1.14. The Morgan fingerprint density at radius 2 is 1.50 bits per heavy atom. The molecular formula is C31H21ClN2O8. The number of fused-ring (bicyclic) bond motifs is 2. The van der Waals surface area contributed by atoms with E-state index >= 15 is 0 Å². The quantitative estimate of drug-likeness (QED) is 0.118. The number of rotatable bonds is 8. The minimum absolute atomic E-state index is 0.0282. The number of hydrogen-bond donors (Lipinski definition) is 3. The van der Waals surface area contributed by atoms with E-state index in [9.17, 15) is 34.3 Å². The number of allylic oxidation sites excluding steroid dienone is 2. The highest BCUT2D eigenvalue weighted by molar-refractivity contribution is 6.51. The summed E-state index contributed by atoms with van der Waals surface area (Å²) in [6.45, 7) is 0. The summed E-state index contributed by atoms with van der Waals surface area (Å²) in [5.74, 6) is -4.51. The van der Waals surface area contributed by atoms with Gasteiger partial charge in [0.25, 0.3) is 5.91 Å². The first-order valence-electron chi connectivity index (χ1n) is 12.6. The lowest BCUT2D eigenvalue weighted by atomic mass is 9.86. The molecule has 1 aromatic heterocycles. The second-order valence-corrected chi connectivity index (χ2v) is 9.80. The molecule has 1 aliphatic carbocycles. The Morgan fingerprint density at radius 1 is 0.881 bits per heavy atom. The molecule has 3 aromatic carbocycles. The lowest BCUT2D eigenvalue weighted by Crippen LogP contribution is -2.37. The highest BCUT2D eigenvalue weighted by Crippen LogP contribution is 2.36. The number of carbonyl (C=O) groups excluding carboxylic acids is 4. The standard InChI is InChI=1S/C31H21ClN2O8/c32-25-26(29(38)19-11-5-4-10-18(19)28(25)37)33-30(39)22(34-41)15-17(35)14-21(16-8-2-1-3-9-16)24-27(36)20-12-6-7-13-23(20)42-31(24)40/h1-13,21,36,41H,14-15H2,(H,33,39)/b34-22-. The number of nitrogens with one attached hydrogen (secondary N) is 1. The second kappa shape index (κ2) is 11.6. The van der Waals surface area contributed by atoms with E-state index in [1.165, 1.54) is 18.2 Å².